The van der Waals surface area contributed by atoms with Gasteiger partial charge in [-0.1, -0.05) is 6.42 Å². The zero-order valence-electron chi connectivity index (χ0n) is 6.18. The van der Waals surface area contributed by atoms with Gasteiger partial charge in [0, 0.05) is 6.04 Å². The van der Waals surface area contributed by atoms with Crippen molar-refractivity contribution in [1.29, 1.82) is 0 Å². The summed E-state index contributed by atoms with van der Waals surface area (Å²) < 4.78 is 0. The minimum atomic E-state index is -1.18. The average molecular weight is 209 g/mol. The normalized spacial score (nSPS) is 11.8. The Morgan fingerprint density at radius 1 is 1.45 bits per heavy atom. The van der Waals surface area contributed by atoms with Crippen LogP contribution in [0.5, 0.6) is 0 Å². The standard InChI is InChI=1S/C6H14N2O2.Cu/c7-4-2-1-3-5(8)6(9)10;/h5H,1-4,7-8H2,(H,9,10);/q;+1/p-1/t5-;/m0./s1. The molecule has 0 aliphatic rings. The van der Waals surface area contributed by atoms with Crippen LogP contribution in [0, 0.1) is 0 Å². The first-order chi connectivity index (χ1) is 4.68. The minimum absolute atomic E-state index is 0. The van der Waals surface area contributed by atoms with Gasteiger partial charge in [-0.3, -0.25) is 0 Å². The Balaban J connectivity index is 0. The van der Waals surface area contributed by atoms with E-state index in [1.54, 1.807) is 0 Å². The molecule has 0 aromatic carbocycles. The van der Waals surface area contributed by atoms with Crippen LogP contribution in [0.15, 0.2) is 0 Å². The third-order valence-corrected chi connectivity index (χ3v) is 1.27. The molecule has 0 aliphatic carbocycles. The first-order valence-corrected chi connectivity index (χ1v) is 3.35. The van der Waals surface area contributed by atoms with E-state index in [1.807, 2.05) is 0 Å². The van der Waals surface area contributed by atoms with Gasteiger partial charge in [-0.2, -0.15) is 0 Å². The molecule has 0 bridgehead atoms. The quantitative estimate of drug-likeness (QED) is 0.412. The SMILES string of the molecule is NCCCC[C@H](N)C(=O)[O-].[Cu+]. The predicted molar refractivity (Wildman–Crippen MR) is 35.9 cm³/mol. The molecule has 0 rings (SSSR count). The summed E-state index contributed by atoms with van der Waals surface area (Å²) in [5, 5.41) is 10.0. The van der Waals surface area contributed by atoms with Gasteiger partial charge in [-0.05, 0) is 19.4 Å². The molecule has 0 radical (unpaired) electrons. The maximum absolute atomic E-state index is 10.0. The number of rotatable bonds is 5. The van der Waals surface area contributed by atoms with Crippen LogP contribution in [0.4, 0.5) is 0 Å². The maximum Gasteiger partial charge on any atom is 1.00 e. The largest absolute Gasteiger partial charge is 1.00 e. The summed E-state index contributed by atoms with van der Waals surface area (Å²) in [5.41, 5.74) is 10.3. The summed E-state index contributed by atoms with van der Waals surface area (Å²) in [6.07, 6.45) is 2.03. The zero-order chi connectivity index (χ0) is 7.98. The second-order valence-corrected chi connectivity index (χ2v) is 2.21. The fraction of sp³-hybridized carbons (Fsp3) is 0.833. The monoisotopic (exact) mass is 208 g/mol. The number of aliphatic carboxylic acids is 1. The van der Waals surface area contributed by atoms with Gasteiger partial charge in [0.25, 0.3) is 0 Å². The van der Waals surface area contributed by atoms with Gasteiger partial charge < -0.3 is 21.4 Å². The van der Waals surface area contributed by atoms with E-state index in [0.29, 0.717) is 13.0 Å². The molecular formula is C6H13CuN2O2. The van der Waals surface area contributed by atoms with Gasteiger partial charge in [-0.15, -0.1) is 0 Å². The Hall–Kier alpha value is -0.0905. The number of carboxylic acid groups (broad SMARTS) is 1. The van der Waals surface area contributed by atoms with Crippen molar-refractivity contribution in [1.82, 2.24) is 0 Å². The van der Waals surface area contributed by atoms with Gasteiger partial charge in [0.2, 0.25) is 0 Å². The molecule has 0 saturated carbocycles. The van der Waals surface area contributed by atoms with E-state index in [-0.39, 0.29) is 17.1 Å². The molecular weight excluding hydrogens is 196 g/mol. The summed E-state index contributed by atoms with van der Waals surface area (Å²) >= 11 is 0. The van der Waals surface area contributed by atoms with E-state index in [4.69, 9.17) is 11.5 Å². The molecule has 0 amide bonds. The number of hydrogen-bond donors (Lipinski definition) is 2. The van der Waals surface area contributed by atoms with Crippen molar-refractivity contribution in [2.75, 3.05) is 6.54 Å². The van der Waals surface area contributed by atoms with Crippen LogP contribution in [0.2, 0.25) is 0 Å². The van der Waals surface area contributed by atoms with Gasteiger partial charge >= 0.3 is 17.1 Å². The van der Waals surface area contributed by atoms with Gasteiger partial charge in [0.05, 0.1) is 5.97 Å². The van der Waals surface area contributed by atoms with Crippen molar-refractivity contribution in [3.8, 4) is 0 Å². The predicted octanol–water partition coefficient (Wildman–Crippen LogP) is -1.81. The molecule has 0 unspecified atom stereocenters. The van der Waals surface area contributed by atoms with E-state index in [0.717, 1.165) is 12.8 Å². The number of carboxylic acids is 1. The maximum atomic E-state index is 10.0. The molecule has 0 aromatic heterocycles. The van der Waals surface area contributed by atoms with Crippen molar-refractivity contribution in [2.45, 2.75) is 25.3 Å². The minimum Gasteiger partial charge on any atom is -0.548 e. The van der Waals surface area contributed by atoms with Crippen LogP contribution < -0.4 is 16.6 Å². The summed E-state index contributed by atoms with van der Waals surface area (Å²) in [6.45, 7) is 0.583. The second kappa shape index (κ2) is 8.01. The van der Waals surface area contributed by atoms with Gasteiger partial charge in [-0.25, -0.2) is 0 Å². The van der Waals surface area contributed by atoms with E-state index >= 15 is 0 Å². The smallest absolute Gasteiger partial charge is 0.548 e. The molecule has 0 aromatic rings. The molecule has 0 saturated heterocycles. The van der Waals surface area contributed by atoms with Gasteiger partial charge in [0.15, 0.2) is 0 Å². The third kappa shape index (κ3) is 7.81. The van der Waals surface area contributed by atoms with Crippen LogP contribution in [0.1, 0.15) is 19.3 Å². The number of nitrogens with two attached hydrogens (primary N) is 2. The second-order valence-electron chi connectivity index (χ2n) is 2.21. The summed E-state index contributed by atoms with van der Waals surface area (Å²) in [5.74, 6) is -1.18. The van der Waals surface area contributed by atoms with E-state index < -0.39 is 12.0 Å². The van der Waals surface area contributed by atoms with E-state index in [2.05, 4.69) is 0 Å². The number of hydrogen-bond acceptors (Lipinski definition) is 4. The molecule has 11 heavy (non-hydrogen) atoms. The number of carbonyl (C=O) groups excluding carboxylic acids is 1. The van der Waals surface area contributed by atoms with Crippen molar-refractivity contribution < 1.29 is 27.0 Å². The van der Waals surface area contributed by atoms with E-state index in [9.17, 15) is 9.90 Å². The molecule has 4 nitrogen and oxygen atoms in total. The molecule has 1 atom stereocenters. The molecule has 70 valence electrons. The van der Waals surface area contributed by atoms with Crippen LogP contribution in [-0.4, -0.2) is 18.6 Å². The molecule has 0 fully saturated rings. The number of carbonyl (C=O) groups is 1. The van der Waals surface area contributed by atoms with Crippen molar-refractivity contribution in [2.24, 2.45) is 11.5 Å². The average Bonchev–Trinajstić information content (AvgIpc) is 1.88. The summed E-state index contributed by atoms with van der Waals surface area (Å²) in [6, 6.07) is -0.827. The fourth-order valence-corrected chi connectivity index (χ4v) is 0.626. The number of unbranched alkanes of at least 4 members (excludes halogenated alkanes) is 1. The fourth-order valence-electron chi connectivity index (χ4n) is 0.626. The summed E-state index contributed by atoms with van der Waals surface area (Å²) in [7, 11) is 0. The first-order valence-electron chi connectivity index (χ1n) is 3.35. The molecule has 0 aliphatic heterocycles. The van der Waals surface area contributed by atoms with E-state index in [1.165, 1.54) is 0 Å². The van der Waals surface area contributed by atoms with Crippen LogP contribution >= 0.6 is 0 Å². The van der Waals surface area contributed by atoms with Gasteiger partial charge in [0.1, 0.15) is 0 Å². The molecule has 5 heteroatoms. The Morgan fingerprint density at radius 3 is 2.36 bits per heavy atom. The molecule has 4 N–H and O–H groups in total. The van der Waals surface area contributed by atoms with Crippen molar-refractivity contribution in [3.63, 3.8) is 0 Å². The molecule has 0 heterocycles. The molecule has 0 spiro atoms. The Kier molecular flexibility index (Phi) is 9.83. The Bertz CT molecular complexity index is 111. The van der Waals surface area contributed by atoms with Crippen molar-refractivity contribution >= 4 is 5.97 Å². The Morgan fingerprint density at radius 2 is 2.00 bits per heavy atom. The van der Waals surface area contributed by atoms with Crippen LogP contribution in [-0.2, 0) is 21.9 Å². The zero-order valence-corrected chi connectivity index (χ0v) is 7.12. The summed E-state index contributed by atoms with van der Waals surface area (Å²) in [4.78, 5) is 10.0. The third-order valence-electron chi connectivity index (χ3n) is 1.27. The first kappa shape index (κ1) is 13.5. The van der Waals surface area contributed by atoms with Crippen LogP contribution in [0.25, 0.3) is 0 Å². The Labute approximate surface area is 76.8 Å². The van der Waals surface area contributed by atoms with Crippen molar-refractivity contribution in [3.05, 3.63) is 0 Å². The topological polar surface area (TPSA) is 92.2 Å². The van der Waals surface area contributed by atoms with Crippen LogP contribution in [0.3, 0.4) is 0 Å².